The maximum Gasteiger partial charge on any atom is 0.242 e. The number of carbonyl (C=O) groups is 3. The molecule has 1 saturated heterocycles. The van der Waals surface area contributed by atoms with Gasteiger partial charge in [0.15, 0.2) is 0 Å². The highest BCUT2D eigenvalue weighted by Gasteiger charge is 2.36. The van der Waals surface area contributed by atoms with Crippen molar-refractivity contribution in [2.24, 2.45) is 5.92 Å². The number of hydrogen-bond donors (Lipinski definition) is 2. The van der Waals surface area contributed by atoms with Gasteiger partial charge in [-0.2, -0.15) is 0 Å². The molecule has 7 nitrogen and oxygen atoms in total. The number of nitrogens with one attached hydrogen (secondary N) is 2. The number of methoxy groups -OCH3 is 1. The third kappa shape index (κ3) is 5.49. The number of anilines is 1. The van der Waals surface area contributed by atoms with Crippen molar-refractivity contribution in [3.8, 4) is 5.75 Å². The van der Waals surface area contributed by atoms with E-state index < -0.39 is 12.0 Å². The molecule has 0 radical (unpaired) electrons. The van der Waals surface area contributed by atoms with Crippen LogP contribution in [0.25, 0.3) is 0 Å². The van der Waals surface area contributed by atoms with Gasteiger partial charge in [0.1, 0.15) is 11.8 Å². The number of hydrogen-bond acceptors (Lipinski definition) is 4. The summed E-state index contributed by atoms with van der Waals surface area (Å²) in [5.41, 5.74) is 0.741. The first-order valence-corrected chi connectivity index (χ1v) is 10.5. The number of benzene rings is 1. The Morgan fingerprint density at radius 2 is 1.76 bits per heavy atom. The number of nitrogens with zero attached hydrogens (tertiary/aromatic N) is 1. The molecule has 0 spiro atoms. The van der Waals surface area contributed by atoms with E-state index in [0.29, 0.717) is 12.3 Å². The average molecular weight is 402 g/mol. The van der Waals surface area contributed by atoms with Crippen LogP contribution in [-0.4, -0.2) is 43.5 Å². The Morgan fingerprint density at radius 3 is 2.38 bits per heavy atom. The van der Waals surface area contributed by atoms with Crippen molar-refractivity contribution in [3.63, 3.8) is 0 Å². The molecule has 29 heavy (non-hydrogen) atoms. The molecule has 2 atom stereocenters. The summed E-state index contributed by atoms with van der Waals surface area (Å²) < 4.78 is 5.14. The largest absolute Gasteiger partial charge is 0.497 e. The zero-order valence-electron chi connectivity index (χ0n) is 17.3. The summed E-state index contributed by atoms with van der Waals surface area (Å²) in [6.45, 7) is 2.01. The molecule has 1 aromatic rings. The summed E-state index contributed by atoms with van der Waals surface area (Å²) in [5, 5.41) is 5.85. The van der Waals surface area contributed by atoms with E-state index in [2.05, 4.69) is 10.6 Å². The zero-order chi connectivity index (χ0) is 20.8. The van der Waals surface area contributed by atoms with Gasteiger partial charge in [0.2, 0.25) is 17.7 Å². The fourth-order valence-corrected chi connectivity index (χ4v) is 4.04. The van der Waals surface area contributed by atoms with Gasteiger partial charge in [-0.15, -0.1) is 0 Å². The van der Waals surface area contributed by atoms with Crippen LogP contribution in [0, 0.1) is 5.92 Å². The third-order valence-electron chi connectivity index (χ3n) is 5.83. The number of amides is 3. The summed E-state index contributed by atoms with van der Waals surface area (Å²) in [5.74, 6) is -0.244. The fourth-order valence-electron chi connectivity index (χ4n) is 4.04. The molecule has 7 heteroatoms. The molecule has 0 aromatic heterocycles. The normalized spacial score (nSPS) is 21.4. The van der Waals surface area contributed by atoms with E-state index in [9.17, 15) is 14.4 Å². The van der Waals surface area contributed by atoms with E-state index in [1.165, 1.54) is 12.8 Å². The SMILES string of the molecule is COc1ccc(N2CC(C(=O)N[C@H](C)C(=O)NC3CCCCCC3)CC2=O)cc1. The van der Waals surface area contributed by atoms with Gasteiger partial charge in [-0.3, -0.25) is 14.4 Å². The lowest BCUT2D eigenvalue weighted by Gasteiger charge is -2.21. The minimum atomic E-state index is -0.615. The molecular weight excluding hydrogens is 370 g/mol. The van der Waals surface area contributed by atoms with E-state index in [0.717, 1.165) is 31.4 Å². The quantitative estimate of drug-likeness (QED) is 0.717. The van der Waals surface area contributed by atoms with E-state index in [1.54, 1.807) is 43.2 Å². The monoisotopic (exact) mass is 401 g/mol. The molecule has 2 aliphatic rings. The summed E-state index contributed by atoms with van der Waals surface area (Å²) in [4.78, 5) is 39.1. The van der Waals surface area contributed by atoms with E-state index in [4.69, 9.17) is 4.74 Å². The second-order valence-electron chi connectivity index (χ2n) is 8.03. The zero-order valence-corrected chi connectivity index (χ0v) is 17.3. The smallest absolute Gasteiger partial charge is 0.242 e. The molecule has 1 heterocycles. The molecule has 3 rings (SSSR count). The van der Waals surface area contributed by atoms with Crippen molar-refractivity contribution in [2.75, 3.05) is 18.6 Å². The second-order valence-corrected chi connectivity index (χ2v) is 8.03. The van der Waals surface area contributed by atoms with Crippen molar-refractivity contribution in [1.82, 2.24) is 10.6 Å². The Balaban J connectivity index is 1.52. The first-order chi connectivity index (χ1) is 14.0. The second kappa shape index (κ2) is 9.76. The lowest BCUT2D eigenvalue weighted by atomic mass is 10.1. The molecule has 0 bridgehead atoms. The van der Waals surface area contributed by atoms with Crippen LogP contribution in [0.5, 0.6) is 5.75 Å². The van der Waals surface area contributed by atoms with Gasteiger partial charge < -0.3 is 20.3 Å². The maximum atomic E-state index is 12.6. The Kier molecular flexibility index (Phi) is 7.12. The van der Waals surface area contributed by atoms with Crippen molar-refractivity contribution < 1.29 is 19.1 Å². The van der Waals surface area contributed by atoms with Crippen LogP contribution < -0.4 is 20.3 Å². The molecule has 2 N–H and O–H groups in total. The van der Waals surface area contributed by atoms with Crippen molar-refractivity contribution >= 4 is 23.4 Å². The van der Waals surface area contributed by atoms with Gasteiger partial charge in [-0.25, -0.2) is 0 Å². The van der Waals surface area contributed by atoms with Gasteiger partial charge in [0.05, 0.1) is 13.0 Å². The Morgan fingerprint density at radius 1 is 1.10 bits per heavy atom. The first kappa shape index (κ1) is 21.1. The van der Waals surface area contributed by atoms with Crippen molar-refractivity contribution in [3.05, 3.63) is 24.3 Å². The van der Waals surface area contributed by atoms with Crippen LogP contribution in [-0.2, 0) is 14.4 Å². The summed E-state index contributed by atoms with van der Waals surface area (Å²) in [6, 6.07) is 6.77. The third-order valence-corrected chi connectivity index (χ3v) is 5.83. The minimum Gasteiger partial charge on any atom is -0.497 e. The van der Waals surface area contributed by atoms with Crippen molar-refractivity contribution in [2.45, 2.75) is 64.0 Å². The summed E-state index contributed by atoms with van der Waals surface area (Å²) in [6.07, 6.45) is 6.86. The number of ether oxygens (including phenoxy) is 1. The highest BCUT2D eigenvalue weighted by atomic mass is 16.5. The molecule has 3 amide bonds. The van der Waals surface area contributed by atoms with Gasteiger partial charge in [-0.05, 0) is 44.0 Å². The van der Waals surface area contributed by atoms with Crippen LogP contribution in [0.2, 0.25) is 0 Å². The number of rotatable bonds is 6. The van der Waals surface area contributed by atoms with Crippen molar-refractivity contribution in [1.29, 1.82) is 0 Å². The predicted octanol–water partition coefficient (Wildman–Crippen LogP) is 2.39. The average Bonchev–Trinajstić information content (AvgIpc) is 2.93. The lowest BCUT2D eigenvalue weighted by Crippen LogP contribution is -2.49. The highest BCUT2D eigenvalue weighted by Crippen LogP contribution is 2.27. The van der Waals surface area contributed by atoms with E-state index in [1.807, 2.05) is 0 Å². The van der Waals surface area contributed by atoms with Crippen LogP contribution in [0.4, 0.5) is 5.69 Å². The molecule has 1 saturated carbocycles. The fraction of sp³-hybridized carbons (Fsp3) is 0.591. The predicted molar refractivity (Wildman–Crippen MR) is 111 cm³/mol. The van der Waals surface area contributed by atoms with Gasteiger partial charge in [-0.1, -0.05) is 25.7 Å². The van der Waals surface area contributed by atoms with E-state index in [-0.39, 0.29) is 30.2 Å². The molecule has 1 aromatic carbocycles. The van der Waals surface area contributed by atoms with Gasteiger partial charge in [0, 0.05) is 24.7 Å². The van der Waals surface area contributed by atoms with Crippen LogP contribution in [0.15, 0.2) is 24.3 Å². The molecular formula is C22H31N3O4. The molecule has 1 aliphatic carbocycles. The first-order valence-electron chi connectivity index (χ1n) is 10.5. The van der Waals surface area contributed by atoms with Gasteiger partial charge >= 0.3 is 0 Å². The lowest BCUT2D eigenvalue weighted by molar-refractivity contribution is -0.131. The van der Waals surface area contributed by atoms with Crippen LogP contribution in [0.1, 0.15) is 51.9 Å². The highest BCUT2D eigenvalue weighted by molar-refractivity contribution is 6.01. The summed E-state index contributed by atoms with van der Waals surface area (Å²) in [7, 11) is 1.59. The van der Waals surface area contributed by atoms with E-state index >= 15 is 0 Å². The van der Waals surface area contributed by atoms with Crippen LogP contribution >= 0.6 is 0 Å². The molecule has 1 aliphatic heterocycles. The molecule has 158 valence electrons. The summed E-state index contributed by atoms with van der Waals surface area (Å²) >= 11 is 0. The van der Waals surface area contributed by atoms with Gasteiger partial charge in [0.25, 0.3) is 0 Å². The Bertz CT molecular complexity index is 726. The standard InChI is InChI=1S/C22H31N3O4/c1-15(21(27)24-17-7-5-3-4-6-8-17)23-22(28)16-13-20(26)25(14-16)18-9-11-19(29-2)12-10-18/h9-12,15-17H,3-8,13-14H2,1-2H3,(H,23,28)(H,24,27)/t15-,16?/m1/s1. The topological polar surface area (TPSA) is 87.7 Å². The maximum absolute atomic E-state index is 12.6. The number of carbonyl (C=O) groups excluding carboxylic acids is 3. The molecule has 1 unspecified atom stereocenters. The van der Waals surface area contributed by atoms with Crippen LogP contribution in [0.3, 0.4) is 0 Å². The minimum absolute atomic E-state index is 0.0918. The Hall–Kier alpha value is -2.57. The molecule has 2 fully saturated rings. The Labute approximate surface area is 172 Å².